The fraction of sp³-hybridized carbons (Fsp3) is 0.316. The lowest BCUT2D eigenvalue weighted by molar-refractivity contribution is -0.179. The number of aliphatic hydroxyl groups excluding tert-OH is 3. The zero-order valence-electron chi connectivity index (χ0n) is 14.1. The number of aromatic amines is 1. The van der Waals surface area contributed by atoms with E-state index in [1.54, 1.807) is 24.3 Å². The molecule has 0 aliphatic carbocycles. The van der Waals surface area contributed by atoms with E-state index >= 15 is 0 Å². The molecule has 1 aromatic heterocycles. The molecule has 4 N–H and O–H groups in total. The van der Waals surface area contributed by atoms with Gasteiger partial charge in [0.2, 0.25) is 0 Å². The van der Waals surface area contributed by atoms with E-state index in [0.29, 0.717) is 17.0 Å². The van der Waals surface area contributed by atoms with Gasteiger partial charge in [0.1, 0.15) is 29.4 Å². The van der Waals surface area contributed by atoms with Gasteiger partial charge in [-0.2, -0.15) is 0 Å². The first-order valence-electron chi connectivity index (χ1n) is 8.54. The number of nitrogens with zero attached hydrogens (tertiary/aromatic N) is 1. The number of fused-ring (bicyclic) bond motifs is 1. The summed E-state index contributed by atoms with van der Waals surface area (Å²) in [7, 11) is 0. The average Bonchev–Trinajstić information content (AvgIpc) is 3.08. The predicted octanol–water partition coefficient (Wildman–Crippen LogP) is 2.05. The summed E-state index contributed by atoms with van der Waals surface area (Å²) in [6.45, 7) is -0.269. The van der Waals surface area contributed by atoms with Crippen molar-refractivity contribution in [3.05, 3.63) is 53.6 Å². The number of hydrogen-bond donors (Lipinski definition) is 4. The van der Waals surface area contributed by atoms with Gasteiger partial charge < -0.3 is 25.0 Å². The Morgan fingerprint density at radius 1 is 1.19 bits per heavy atom. The van der Waals surface area contributed by atoms with Crippen molar-refractivity contribution in [2.24, 2.45) is 0 Å². The Morgan fingerprint density at radius 2 is 2.00 bits per heavy atom. The number of aliphatic hydroxyl groups is 3. The normalized spacial score (nSPS) is 25.8. The van der Waals surface area contributed by atoms with Crippen LogP contribution in [0.3, 0.4) is 0 Å². The number of hydrogen-bond acceptors (Lipinski definition) is 5. The molecule has 0 radical (unpaired) electrons. The molecule has 2 aromatic carbocycles. The summed E-state index contributed by atoms with van der Waals surface area (Å²) in [6.07, 6.45) is -3.44. The van der Waals surface area contributed by atoms with Crippen LogP contribution < -0.4 is 0 Å². The van der Waals surface area contributed by atoms with E-state index in [-0.39, 0.29) is 24.1 Å². The predicted molar refractivity (Wildman–Crippen MR) is 92.8 cm³/mol. The summed E-state index contributed by atoms with van der Waals surface area (Å²) in [5.74, 6) is -1.13. The quantitative estimate of drug-likeness (QED) is 0.561. The van der Waals surface area contributed by atoms with Crippen molar-refractivity contribution in [1.29, 1.82) is 0 Å². The van der Waals surface area contributed by atoms with E-state index in [0.717, 1.165) is 12.1 Å². The molecule has 8 heteroatoms. The molecule has 1 aliphatic heterocycles. The maximum absolute atomic E-state index is 13.9. The summed E-state index contributed by atoms with van der Waals surface area (Å²) >= 11 is 0. The third-order valence-electron chi connectivity index (χ3n) is 4.74. The van der Waals surface area contributed by atoms with Crippen LogP contribution in [0.1, 0.15) is 18.1 Å². The van der Waals surface area contributed by atoms with Crippen molar-refractivity contribution in [2.45, 2.75) is 30.8 Å². The van der Waals surface area contributed by atoms with Gasteiger partial charge in [0, 0.05) is 18.1 Å². The lowest BCUT2D eigenvalue weighted by Gasteiger charge is -2.36. The van der Waals surface area contributed by atoms with E-state index < -0.39 is 36.1 Å². The summed E-state index contributed by atoms with van der Waals surface area (Å²) in [5, 5.41) is 29.6. The smallest absolute Gasteiger partial charge is 0.153 e. The number of aromatic nitrogens is 2. The Morgan fingerprint density at radius 3 is 2.78 bits per heavy atom. The number of imidazole rings is 1. The van der Waals surface area contributed by atoms with Gasteiger partial charge in [0.25, 0.3) is 0 Å². The molecule has 4 rings (SSSR count). The minimum atomic E-state index is -1.15. The average molecular weight is 376 g/mol. The van der Waals surface area contributed by atoms with Crippen LogP contribution in [-0.2, 0) is 4.74 Å². The van der Waals surface area contributed by atoms with Crippen molar-refractivity contribution in [2.75, 3.05) is 6.61 Å². The van der Waals surface area contributed by atoms with Crippen molar-refractivity contribution >= 4 is 11.0 Å². The standard InChI is InChI=1S/C19H18F2N2O4/c20-11-5-13(21)16-14(6-11)22-19(23-16)10-3-1-2-9(4-10)18-17(26)15(25)7-12(8-24)27-18/h1-6,12,15,17-18,24-26H,7-8H2,(H,22,23). The molecule has 1 aliphatic rings. The number of halogens is 2. The topological polar surface area (TPSA) is 98.6 Å². The Labute approximate surface area is 153 Å². The van der Waals surface area contributed by atoms with Crippen molar-refractivity contribution in [3.63, 3.8) is 0 Å². The highest BCUT2D eigenvalue weighted by atomic mass is 19.1. The van der Waals surface area contributed by atoms with Crippen molar-refractivity contribution in [1.82, 2.24) is 9.97 Å². The molecule has 1 saturated heterocycles. The van der Waals surface area contributed by atoms with Gasteiger partial charge >= 0.3 is 0 Å². The Hall–Kier alpha value is -2.39. The van der Waals surface area contributed by atoms with Crippen LogP contribution in [0, 0.1) is 11.6 Å². The number of ether oxygens (including phenoxy) is 1. The van der Waals surface area contributed by atoms with Gasteiger partial charge in [-0.3, -0.25) is 0 Å². The number of nitrogens with one attached hydrogen (secondary N) is 1. The van der Waals surface area contributed by atoms with Gasteiger partial charge in [-0.25, -0.2) is 13.8 Å². The third kappa shape index (κ3) is 3.32. The van der Waals surface area contributed by atoms with Crippen LogP contribution >= 0.6 is 0 Å². The summed E-state index contributed by atoms with van der Waals surface area (Å²) < 4.78 is 33.0. The lowest BCUT2D eigenvalue weighted by atomic mass is 9.92. The molecule has 4 atom stereocenters. The van der Waals surface area contributed by atoms with Gasteiger partial charge in [-0.05, 0) is 17.7 Å². The molecule has 4 unspecified atom stereocenters. The molecule has 27 heavy (non-hydrogen) atoms. The molecule has 0 saturated carbocycles. The largest absolute Gasteiger partial charge is 0.394 e. The van der Waals surface area contributed by atoms with Crippen LogP contribution in [0.2, 0.25) is 0 Å². The van der Waals surface area contributed by atoms with Gasteiger partial charge in [-0.15, -0.1) is 0 Å². The number of rotatable bonds is 3. The molecule has 0 spiro atoms. The summed E-state index contributed by atoms with van der Waals surface area (Å²) in [4.78, 5) is 7.06. The molecule has 0 bridgehead atoms. The number of H-pyrrole nitrogens is 1. The minimum absolute atomic E-state index is 0.0292. The maximum atomic E-state index is 13.9. The van der Waals surface area contributed by atoms with Crippen LogP contribution in [-0.4, -0.2) is 50.2 Å². The molecule has 0 amide bonds. The Kier molecular flexibility index (Phi) is 4.65. The summed E-state index contributed by atoms with van der Waals surface area (Å²) in [6, 6.07) is 8.77. The highest BCUT2D eigenvalue weighted by molar-refractivity contribution is 5.80. The minimum Gasteiger partial charge on any atom is -0.394 e. The molecule has 6 nitrogen and oxygen atoms in total. The summed E-state index contributed by atoms with van der Waals surface area (Å²) in [5.41, 5.74) is 1.42. The lowest BCUT2D eigenvalue weighted by Crippen LogP contribution is -2.44. The maximum Gasteiger partial charge on any atom is 0.153 e. The molecular formula is C19H18F2N2O4. The van der Waals surface area contributed by atoms with Crippen LogP contribution in [0.4, 0.5) is 8.78 Å². The van der Waals surface area contributed by atoms with E-state index in [4.69, 9.17) is 4.74 Å². The zero-order valence-corrected chi connectivity index (χ0v) is 14.1. The first kappa shape index (κ1) is 18.0. The molecule has 142 valence electrons. The van der Waals surface area contributed by atoms with Gasteiger partial charge in [-0.1, -0.05) is 18.2 Å². The second kappa shape index (κ2) is 6.97. The third-order valence-corrected chi connectivity index (χ3v) is 4.74. The highest BCUT2D eigenvalue weighted by Gasteiger charge is 2.37. The molecule has 1 fully saturated rings. The monoisotopic (exact) mass is 376 g/mol. The van der Waals surface area contributed by atoms with Crippen LogP contribution in [0.15, 0.2) is 36.4 Å². The second-order valence-corrected chi connectivity index (χ2v) is 6.65. The van der Waals surface area contributed by atoms with Crippen LogP contribution in [0.5, 0.6) is 0 Å². The van der Waals surface area contributed by atoms with Crippen LogP contribution in [0.25, 0.3) is 22.4 Å². The molecule has 2 heterocycles. The van der Waals surface area contributed by atoms with E-state index in [2.05, 4.69) is 9.97 Å². The first-order chi connectivity index (χ1) is 13.0. The van der Waals surface area contributed by atoms with E-state index in [9.17, 15) is 24.1 Å². The fourth-order valence-corrected chi connectivity index (χ4v) is 3.39. The van der Waals surface area contributed by atoms with Crippen molar-refractivity contribution < 1.29 is 28.8 Å². The molecular weight excluding hydrogens is 358 g/mol. The van der Waals surface area contributed by atoms with Gasteiger partial charge in [0.15, 0.2) is 5.82 Å². The highest BCUT2D eigenvalue weighted by Crippen LogP contribution is 2.34. The molecule has 3 aromatic rings. The fourth-order valence-electron chi connectivity index (χ4n) is 3.39. The van der Waals surface area contributed by atoms with E-state index in [1.807, 2.05) is 0 Å². The first-order valence-corrected chi connectivity index (χ1v) is 8.54. The Balaban J connectivity index is 1.71. The Bertz CT molecular complexity index is 977. The van der Waals surface area contributed by atoms with Gasteiger partial charge in [0.05, 0.1) is 24.3 Å². The SMILES string of the molecule is OCC1CC(O)C(O)C(c2cccc(-c3nc4c(F)cc(F)cc4[nH]3)c2)O1. The zero-order chi connectivity index (χ0) is 19.1. The van der Waals surface area contributed by atoms with Crippen molar-refractivity contribution in [3.8, 4) is 11.4 Å². The second-order valence-electron chi connectivity index (χ2n) is 6.65. The number of benzene rings is 2. The van der Waals surface area contributed by atoms with E-state index in [1.165, 1.54) is 0 Å².